The van der Waals surface area contributed by atoms with Gasteiger partial charge in [0.1, 0.15) is 0 Å². The van der Waals surface area contributed by atoms with Gasteiger partial charge in [0.05, 0.1) is 17.5 Å². The number of hydrogen-bond acceptors (Lipinski definition) is 4. The van der Waals surface area contributed by atoms with Crippen LogP contribution in [0.2, 0.25) is 0 Å². The van der Waals surface area contributed by atoms with Crippen LogP contribution < -0.4 is 10.3 Å². The molecule has 0 saturated heterocycles. The van der Waals surface area contributed by atoms with Crippen molar-refractivity contribution in [2.24, 2.45) is 13.0 Å². The van der Waals surface area contributed by atoms with Gasteiger partial charge in [0.25, 0.3) is 5.56 Å². The van der Waals surface area contributed by atoms with Gasteiger partial charge in [-0.25, -0.2) is 8.42 Å². The zero-order valence-corrected chi connectivity index (χ0v) is 14.7. The minimum Gasteiger partial charge on any atom is -0.377 e. The fraction of sp³-hybridized carbons (Fsp3) is 0.471. The van der Waals surface area contributed by atoms with Crippen molar-refractivity contribution in [2.45, 2.75) is 25.9 Å². The van der Waals surface area contributed by atoms with Crippen molar-refractivity contribution in [3.8, 4) is 0 Å². The molecule has 3 rings (SSSR count). The van der Waals surface area contributed by atoms with Crippen molar-refractivity contribution >= 4 is 26.5 Å². The molecular weight excluding hydrogens is 328 g/mol. The van der Waals surface area contributed by atoms with Crippen molar-refractivity contribution in [3.05, 3.63) is 40.8 Å². The summed E-state index contributed by atoms with van der Waals surface area (Å²) in [5.41, 5.74) is 0.273. The summed E-state index contributed by atoms with van der Waals surface area (Å²) in [6, 6.07) is 6.80. The molecule has 1 fully saturated rings. The van der Waals surface area contributed by atoms with E-state index in [0.717, 1.165) is 12.8 Å². The summed E-state index contributed by atoms with van der Waals surface area (Å²) in [4.78, 5) is 12.2. The van der Waals surface area contributed by atoms with E-state index in [0.29, 0.717) is 29.0 Å². The molecule has 7 heteroatoms. The minimum absolute atomic E-state index is 0.0628. The third kappa shape index (κ3) is 3.62. The number of nitrogens with zero attached hydrogens (tertiary/aromatic N) is 1. The fourth-order valence-electron chi connectivity index (χ4n) is 2.89. The van der Waals surface area contributed by atoms with Crippen LogP contribution in [0.1, 0.15) is 19.8 Å². The predicted molar refractivity (Wildman–Crippen MR) is 94.7 cm³/mol. The SMILES string of the molecule is CCOC(CS(=O)(=O)Nc1cccc2c(=O)n(C)ccc12)C1CC1. The van der Waals surface area contributed by atoms with Gasteiger partial charge in [-0.15, -0.1) is 0 Å². The summed E-state index contributed by atoms with van der Waals surface area (Å²) in [5, 5.41) is 1.09. The molecule has 1 saturated carbocycles. The molecule has 1 atom stereocenters. The summed E-state index contributed by atoms with van der Waals surface area (Å²) < 4.78 is 34.8. The van der Waals surface area contributed by atoms with Gasteiger partial charge in [-0.1, -0.05) is 6.07 Å². The van der Waals surface area contributed by atoms with Crippen molar-refractivity contribution in [3.63, 3.8) is 0 Å². The van der Waals surface area contributed by atoms with Crippen LogP contribution in [0.15, 0.2) is 35.3 Å². The number of sulfonamides is 1. The second-order valence-electron chi connectivity index (χ2n) is 6.21. The third-order valence-electron chi connectivity index (χ3n) is 4.30. The summed E-state index contributed by atoms with van der Waals surface area (Å²) in [5.74, 6) is 0.272. The van der Waals surface area contributed by atoms with Crippen LogP contribution in [0.5, 0.6) is 0 Å². The molecule has 1 aliphatic rings. The van der Waals surface area contributed by atoms with E-state index < -0.39 is 10.0 Å². The molecule has 130 valence electrons. The Kier molecular flexibility index (Phi) is 4.64. The molecule has 2 aromatic rings. The highest BCUT2D eigenvalue weighted by atomic mass is 32.2. The largest absolute Gasteiger partial charge is 0.377 e. The zero-order chi connectivity index (χ0) is 17.3. The Bertz CT molecular complexity index is 900. The maximum absolute atomic E-state index is 12.5. The van der Waals surface area contributed by atoms with Crippen LogP contribution in [-0.4, -0.2) is 31.4 Å². The highest BCUT2D eigenvalue weighted by Gasteiger charge is 2.35. The molecule has 1 aromatic carbocycles. The Morgan fingerprint density at radius 3 is 2.71 bits per heavy atom. The summed E-state index contributed by atoms with van der Waals surface area (Å²) in [7, 11) is -1.89. The number of hydrogen-bond donors (Lipinski definition) is 1. The molecule has 0 radical (unpaired) electrons. The van der Waals surface area contributed by atoms with E-state index in [9.17, 15) is 13.2 Å². The maximum Gasteiger partial charge on any atom is 0.258 e. The van der Waals surface area contributed by atoms with E-state index >= 15 is 0 Å². The average Bonchev–Trinajstić information content (AvgIpc) is 3.35. The van der Waals surface area contributed by atoms with Gasteiger partial charge in [0.15, 0.2) is 0 Å². The zero-order valence-electron chi connectivity index (χ0n) is 13.9. The number of ether oxygens (including phenoxy) is 1. The molecule has 1 unspecified atom stereocenters. The Morgan fingerprint density at radius 2 is 2.04 bits per heavy atom. The topological polar surface area (TPSA) is 77.4 Å². The lowest BCUT2D eigenvalue weighted by Gasteiger charge is -2.18. The summed E-state index contributed by atoms with van der Waals surface area (Å²) in [6.45, 7) is 2.37. The lowest BCUT2D eigenvalue weighted by atomic mass is 10.1. The van der Waals surface area contributed by atoms with Crippen LogP contribution in [0.25, 0.3) is 10.8 Å². The average molecular weight is 350 g/mol. The number of aryl methyl sites for hydroxylation is 1. The number of benzene rings is 1. The van der Waals surface area contributed by atoms with Gasteiger partial charge in [-0.2, -0.15) is 0 Å². The first-order valence-corrected chi connectivity index (χ1v) is 9.77. The summed E-state index contributed by atoms with van der Waals surface area (Å²) >= 11 is 0. The molecule has 1 aliphatic carbocycles. The number of pyridine rings is 1. The van der Waals surface area contributed by atoms with Crippen molar-refractivity contribution < 1.29 is 13.2 Å². The van der Waals surface area contributed by atoms with Gasteiger partial charge in [-0.3, -0.25) is 9.52 Å². The number of rotatable bonds is 7. The number of fused-ring (bicyclic) bond motifs is 1. The second kappa shape index (κ2) is 6.57. The summed E-state index contributed by atoms with van der Waals surface area (Å²) in [6.07, 6.45) is 3.40. The first-order valence-electron chi connectivity index (χ1n) is 8.11. The van der Waals surface area contributed by atoms with Gasteiger partial charge in [-0.05, 0) is 43.9 Å². The van der Waals surface area contributed by atoms with E-state index in [1.807, 2.05) is 6.92 Å². The molecule has 0 amide bonds. The highest BCUT2D eigenvalue weighted by Crippen LogP contribution is 2.35. The van der Waals surface area contributed by atoms with E-state index in [-0.39, 0.29) is 17.4 Å². The number of anilines is 1. The molecule has 24 heavy (non-hydrogen) atoms. The van der Waals surface area contributed by atoms with Crippen LogP contribution in [-0.2, 0) is 21.8 Å². The smallest absolute Gasteiger partial charge is 0.258 e. The molecule has 1 aromatic heterocycles. The standard InChI is InChI=1S/C17H22N2O4S/c1-3-23-16(12-7-8-12)11-24(21,22)18-15-6-4-5-14-13(15)9-10-19(2)17(14)20/h4-6,9-10,12,16,18H,3,7-8,11H2,1-2H3. The van der Waals surface area contributed by atoms with E-state index in [2.05, 4.69) is 4.72 Å². The van der Waals surface area contributed by atoms with Crippen LogP contribution in [0.3, 0.4) is 0 Å². The third-order valence-corrected chi connectivity index (χ3v) is 5.60. The van der Waals surface area contributed by atoms with Crippen LogP contribution in [0.4, 0.5) is 5.69 Å². The Labute approximate surface area is 141 Å². The predicted octanol–water partition coefficient (Wildman–Crippen LogP) is 2.10. The van der Waals surface area contributed by atoms with Gasteiger partial charge >= 0.3 is 0 Å². The highest BCUT2D eigenvalue weighted by molar-refractivity contribution is 7.92. The first-order chi connectivity index (χ1) is 11.4. The van der Waals surface area contributed by atoms with Gasteiger partial charge in [0.2, 0.25) is 10.0 Å². The molecule has 1 N–H and O–H groups in total. The molecule has 0 spiro atoms. The Morgan fingerprint density at radius 1 is 1.29 bits per heavy atom. The lowest BCUT2D eigenvalue weighted by Crippen LogP contribution is -2.30. The van der Waals surface area contributed by atoms with E-state index in [1.54, 1.807) is 37.5 Å². The van der Waals surface area contributed by atoms with Crippen molar-refractivity contribution in [1.82, 2.24) is 4.57 Å². The first kappa shape index (κ1) is 17.0. The van der Waals surface area contributed by atoms with Gasteiger partial charge < -0.3 is 9.30 Å². The van der Waals surface area contributed by atoms with Crippen molar-refractivity contribution in [2.75, 3.05) is 17.1 Å². The second-order valence-corrected chi connectivity index (χ2v) is 7.98. The van der Waals surface area contributed by atoms with Crippen molar-refractivity contribution in [1.29, 1.82) is 0 Å². The molecule has 1 heterocycles. The number of aromatic nitrogens is 1. The quantitative estimate of drug-likeness (QED) is 0.829. The lowest BCUT2D eigenvalue weighted by molar-refractivity contribution is 0.0632. The Hall–Kier alpha value is -1.86. The minimum atomic E-state index is -3.56. The Balaban J connectivity index is 1.88. The van der Waals surface area contributed by atoms with Crippen LogP contribution in [0, 0.1) is 5.92 Å². The molecule has 0 aliphatic heterocycles. The molecule has 6 nitrogen and oxygen atoms in total. The van der Waals surface area contributed by atoms with E-state index in [4.69, 9.17) is 4.74 Å². The molecule has 0 bridgehead atoms. The van der Waals surface area contributed by atoms with E-state index in [1.165, 1.54) is 4.57 Å². The normalized spacial score (nSPS) is 16.2. The number of nitrogens with one attached hydrogen (secondary N) is 1. The molecular formula is C17H22N2O4S. The van der Waals surface area contributed by atoms with Gasteiger partial charge in [0, 0.05) is 30.6 Å². The van der Waals surface area contributed by atoms with Crippen LogP contribution >= 0.6 is 0 Å². The fourth-order valence-corrected chi connectivity index (χ4v) is 4.29. The maximum atomic E-state index is 12.5. The monoisotopic (exact) mass is 350 g/mol.